The first kappa shape index (κ1) is 12.0. The van der Waals surface area contributed by atoms with E-state index in [9.17, 15) is 0 Å². The van der Waals surface area contributed by atoms with E-state index in [1.165, 1.54) is 22.3 Å². The van der Waals surface area contributed by atoms with Crippen LogP contribution in [-0.2, 0) is 6.42 Å². The van der Waals surface area contributed by atoms with E-state index < -0.39 is 0 Å². The zero-order valence-electron chi connectivity index (χ0n) is 10.5. The van der Waals surface area contributed by atoms with E-state index in [0.717, 1.165) is 12.1 Å². The van der Waals surface area contributed by atoms with Crippen LogP contribution in [0.5, 0.6) is 0 Å². The Labute approximate surface area is 117 Å². The van der Waals surface area contributed by atoms with E-state index in [4.69, 9.17) is 5.73 Å². The number of hydrogen-bond donors (Lipinski definition) is 1. The molecular formula is C17H15NS. The topological polar surface area (TPSA) is 26.0 Å². The summed E-state index contributed by atoms with van der Waals surface area (Å²) in [4.78, 5) is 0. The molecule has 3 aromatic rings. The highest BCUT2D eigenvalue weighted by Gasteiger charge is 2.18. The summed E-state index contributed by atoms with van der Waals surface area (Å²) in [6.07, 6.45) is 0.984. The van der Waals surface area contributed by atoms with Crippen LogP contribution in [0.3, 0.4) is 0 Å². The van der Waals surface area contributed by atoms with E-state index in [2.05, 4.69) is 30.3 Å². The predicted molar refractivity (Wildman–Crippen MR) is 83.4 cm³/mol. The molecule has 0 atom stereocenters. The Bertz CT molecular complexity index is 654. The van der Waals surface area contributed by atoms with Crippen LogP contribution in [-0.4, -0.2) is 0 Å². The summed E-state index contributed by atoms with van der Waals surface area (Å²) in [5, 5.41) is 4.08. The lowest BCUT2D eigenvalue weighted by molar-refractivity contribution is 1.27. The van der Waals surface area contributed by atoms with Gasteiger partial charge in [0.15, 0.2) is 0 Å². The quantitative estimate of drug-likeness (QED) is 0.462. The van der Waals surface area contributed by atoms with Crippen LogP contribution in [0, 0.1) is 0 Å². The number of benzene rings is 2. The van der Waals surface area contributed by atoms with E-state index in [1.54, 1.807) is 11.3 Å². The molecule has 1 heterocycles. The Hall–Kier alpha value is -2.06. The SMILES string of the molecule is Nc1cccc2c1Cc1ccccc1-2.c1ccsc1. The molecule has 0 amide bonds. The minimum Gasteiger partial charge on any atom is -0.398 e. The summed E-state index contributed by atoms with van der Waals surface area (Å²) < 4.78 is 0. The molecule has 0 spiro atoms. The average Bonchev–Trinajstić information content (AvgIpc) is 3.10. The largest absolute Gasteiger partial charge is 0.398 e. The zero-order chi connectivity index (χ0) is 13.1. The second kappa shape index (κ2) is 5.29. The standard InChI is InChI=1S/C13H11N.C4H4S/c14-13-7-3-6-11-10-5-2-1-4-9(10)8-12(11)13;1-2-4-5-3-1/h1-7H,8,14H2;1-4H. The van der Waals surface area contributed by atoms with Crippen molar-refractivity contribution in [1.82, 2.24) is 0 Å². The van der Waals surface area contributed by atoms with Crippen molar-refractivity contribution < 1.29 is 0 Å². The van der Waals surface area contributed by atoms with Crippen molar-refractivity contribution in [2.24, 2.45) is 0 Å². The summed E-state index contributed by atoms with van der Waals surface area (Å²) in [6.45, 7) is 0. The number of nitrogen functional groups attached to an aromatic ring is 1. The van der Waals surface area contributed by atoms with Crippen LogP contribution >= 0.6 is 11.3 Å². The fourth-order valence-electron chi connectivity index (χ4n) is 2.41. The van der Waals surface area contributed by atoms with Crippen molar-refractivity contribution in [3.8, 4) is 11.1 Å². The monoisotopic (exact) mass is 265 g/mol. The number of anilines is 1. The average molecular weight is 265 g/mol. The Morgan fingerprint density at radius 1 is 0.789 bits per heavy atom. The molecule has 0 unspecified atom stereocenters. The highest BCUT2D eigenvalue weighted by atomic mass is 32.1. The second-order valence-electron chi connectivity index (χ2n) is 4.50. The van der Waals surface area contributed by atoms with Crippen LogP contribution in [0.1, 0.15) is 11.1 Å². The third-order valence-corrected chi connectivity index (χ3v) is 3.94. The molecule has 0 saturated carbocycles. The summed E-state index contributed by atoms with van der Waals surface area (Å²) in [5.74, 6) is 0. The zero-order valence-corrected chi connectivity index (χ0v) is 11.4. The molecule has 1 aliphatic carbocycles. The smallest absolute Gasteiger partial charge is 0.0356 e. The third kappa shape index (κ3) is 2.40. The lowest BCUT2D eigenvalue weighted by Crippen LogP contribution is -1.91. The van der Waals surface area contributed by atoms with Crippen LogP contribution in [0.4, 0.5) is 5.69 Å². The first-order valence-electron chi connectivity index (χ1n) is 6.29. The van der Waals surface area contributed by atoms with Gasteiger partial charge < -0.3 is 5.73 Å². The Balaban J connectivity index is 0.000000187. The third-order valence-electron chi connectivity index (χ3n) is 3.31. The predicted octanol–water partition coefficient (Wildman–Crippen LogP) is 4.59. The molecule has 4 rings (SSSR count). The number of hydrogen-bond acceptors (Lipinski definition) is 2. The van der Waals surface area contributed by atoms with Gasteiger partial charge in [0.1, 0.15) is 0 Å². The van der Waals surface area contributed by atoms with Crippen LogP contribution in [0.2, 0.25) is 0 Å². The molecule has 1 nitrogen and oxygen atoms in total. The molecule has 1 aliphatic rings. The lowest BCUT2D eigenvalue weighted by atomic mass is 10.1. The Kier molecular flexibility index (Phi) is 3.34. The molecular weight excluding hydrogens is 250 g/mol. The number of nitrogens with two attached hydrogens (primary N) is 1. The first-order valence-corrected chi connectivity index (χ1v) is 7.23. The van der Waals surface area contributed by atoms with Gasteiger partial charge in [-0.2, -0.15) is 11.3 Å². The molecule has 2 heteroatoms. The van der Waals surface area contributed by atoms with Crippen LogP contribution in [0.25, 0.3) is 11.1 Å². The van der Waals surface area contributed by atoms with Gasteiger partial charge in [0.05, 0.1) is 0 Å². The summed E-state index contributed by atoms with van der Waals surface area (Å²) in [7, 11) is 0. The molecule has 0 fully saturated rings. The van der Waals surface area contributed by atoms with E-state index in [-0.39, 0.29) is 0 Å². The van der Waals surface area contributed by atoms with E-state index >= 15 is 0 Å². The first-order chi connectivity index (χ1) is 9.36. The van der Waals surface area contributed by atoms with Gasteiger partial charge in [-0.3, -0.25) is 0 Å². The number of fused-ring (bicyclic) bond motifs is 3. The highest BCUT2D eigenvalue weighted by Crippen LogP contribution is 2.38. The number of rotatable bonds is 0. The fraction of sp³-hybridized carbons (Fsp3) is 0.0588. The lowest BCUT2D eigenvalue weighted by Gasteiger charge is -2.02. The van der Waals surface area contributed by atoms with Gasteiger partial charge >= 0.3 is 0 Å². The molecule has 2 aromatic carbocycles. The maximum absolute atomic E-state index is 5.95. The maximum atomic E-state index is 5.95. The van der Waals surface area contributed by atoms with Gasteiger partial charge in [0.25, 0.3) is 0 Å². The highest BCUT2D eigenvalue weighted by molar-refractivity contribution is 7.07. The van der Waals surface area contributed by atoms with E-state index in [0.29, 0.717) is 0 Å². The van der Waals surface area contributed by atoms with Gasteiger partial charge in [-0.15, -0.1) is 0 Å². The summed E-state index contributed by atoms with van der Waals surface area (Å²) in [5.41, 5.74) is 12.2. The van der Waals surface area contributed by atoms with Gasteiger partial charge in [0.2, 0.25) is 0 Å². The molecule has 1 aromatic heterocycles. The molecule has 0 aliphatic heterocycles. The van der Waals surface area contributed by atoms with Crippen molar-refractivity contribution in [2.75, 3.05) is 5.73 Å². The normalized spacial score (nSPS) is 11.2. The summed E-state index contributed by atoms with van der Waals surface area (Å²) in [6, 6.07) is 18.7. The van der Waals surface area contributed by atoms with Crippen molar-refractivity contribution in [1.29, 1.82) is 0 Å². The molecule has 0 saturated heterocycles. The van der Waals surface area contributed by atoms with Crippen LogP contribution < -0.4 is 5.73 Å². The van der Waals surface area contributed by atoms with Crippen molar-refractivity contribution in [3.05, 3.63) is 76.5 Å². The second-order valence-corrected chi connectivity index (χ2v) is 5.32. The van der Waals surface area contributed by atoms with E-state index in [1.807, 2.05) is 35.0 Å². The van der Waals surface area contributed by atoms with Gasteiger partial charge in [-0.05, 0) is 39.1 Å². The van der Waals surface area contributed by atoms with Crippen molar-refractivity contribution >= 4 is 17.0 Å². The molecule has 19 heavy (non-hydrogen) atoms. The minimum absolute atomic E-state index is 0.915. The van der Waals surface area contributed by atoms with Gasteiger partial charge in [-0.1, -0.05) is 48.5 Å². The van der Waals surface area contributed by atoms with Crippen molar-refractivity contribution in [3.63, 3.8) is 0 Å². The van der Waals surface area contributed by atoms with Gasteiger partial charge in [0, 0.05) is 12.1 Å². The summed E-state index contributed by atoms with van der Waals surface area (Å²) >= 11 is 1.71. The molecule has 0 radical (unpaired) electrons. The number of thiophene rings is 1. The Morgan fingerprint density at radius 2 is 1.53 bits per heavy atom. The fourth-order valence-corrected chi connectivity index (χ4v) is 2.86. The molecule has 94 valence electrons. The molecule has 0 bridgehead atoms. The van der Waals surface area contributed by atoms with Crippen LogP contribution in [0.15, 0.2) is 65.4 Å². The molecule has 2 N–H and O–H groups in total. The minimum atomic E-state index is 0.915. The maximum Gasteiger partial charge on any atom is 0.0356 e. The Morgan fingerprint density at radius 3 is 2.26 bits per heavy atom. The van der Waals surface area contributed by atoms with Gasteiger partial charge in [-0.25, -0.2) is 0 Å². The van der Waals surface area contributed by atoms with Crippen molar-refractivity contribution in [2.45, 2.75) is 6.42 Å².